The molecule has 0 amide bonds. The predicted octanol–water partition coefficient (Wildman–Crippen LogP) is 6.69. The van der Waals surface area contributed by atoms with Gasteiger partial charge in [-0.2, -0.15) is 10.2 Å². The number of hydrogen-bond donors (Lipinski definition) is 0. The Labute approximate surface area is 177 Å². The van der Waals surface area contributed by atoms with Gasteiger partial charge >= 0.3 is 0 Å². The van der Waals surface area contributed by atoms with E-state index in [1.54, 1.807) is 0 Å². The minimum absolute atomic E-state index is 0.322. The molecule has 4 aromatic carbocycles. The third-order valence-electron chi connectivity index (χ3n) is 5.92. The molecule has 0 saturated carbocycles. The van der Waals surface area contributed by atoms with Gasteiger partial charge in [0, 0.05) is 5.92 Å². The van der Waals surface area contributed by atoms with Crippen LogP contribution in [0.3, 0.4) is 0 Å². The van der Waals surface area contributed by atoms with Gasteiger partial charge in [-0.05, 0) is 46.7 Å². The number of benzene rings is 4. The molecule has 0 bridgehead atoms. The summed E-state index contributed by atoms with van der Waals surface area (Å²) in [5.41, 5.74) is 5.88. The average Bonchev–Trinajstić information content (AvgIpc) is 3.03. The molecule has 0 saturated heterocycles. The maximum Gasteiger partial charge on any atom is 0.0737 e. The van der Waals surface area contributed by atoms with Crippen molar-refractivity contribution in [1.29, 1.82) is 0 Å². The molecule has 146 valence electrons. The third kappa shape index (κ3) is 3.81. The Hall–Kier alpha value is -3.52. The normalized spacial score (nSPS) is 16.6. The van der Waals surface area contributed by atoms with Crippen molar-refractivity contribution >= 4 is 22.2 Å². The molecule has 2 heteroatoms. The molecule has 30 heavy (non-hydrogen) atoms. The van der Waals surface area contributed by atoms with E-state index >= 15 is 0 Å². The maximum absolute atomic E-state index is 4.81. The van der Waals surface area contributed by atoms with Gasteiger partial charge in [-0.3, -0.25) is 0 Å². The Morgan fingerprint density at radius 1 is 0.633 bits per heavy atom. The highest BCUT2D eigenvalue weighted by Gasteiger charge is 2.23. The Morgan fingerprint density at radius 2 is 1.30 bits per heavy atom. The van der Waals surface area contributed by atoms with Crippen LogP contribution in [0.5, 0.6) is 0 Å². The van der Waals surface area contributed by atoms with Crippen molar-refractivity contribution in [2.45, 2.75) is 19.3 Å². The molecule has 1 aliphatic rings. The summed E-state index contributed by atoms with van der Waals surface area (Å²) < 4.78 is 0. The molecule has 1 atom stereocenters. The molecular weight excluding hydrogens is 364 g/mol. The van der Waals surface area contributed by atoms with Gasteiger partial charge < -0.3 is 0 Å². The van der Waals surface area contributed by atoms with Crippen LogP contribution in [0.25, 0.3) is 10.8 Å². The molecule has 0 aromatic heterocycles. The van der Waals surface area contributed by atoms with E-state index in [0.717, 1.165) is 30.7 Å². The minimum atomic E-state index is 0.322. The first kappa shape index (κ1) is 18.5. The van der Waals surface area contributed by atoms with Crippen molar-refractivity contribution in [3.8, 4) is 0 Å². The van der Waals surface area contributed by atoms with Gasteiger partial charge in [-0.15, -0.1) is 0 Å². The second-order valence-electron chi connectivity index (χ2n) is 7.84. The van der Waals surface area contributed by atoms with Crippen molar-refractivity contribution in [2.24, 2.45) is 16.1 Å². The van der Waals surface area contributed by atoms with Crippen molar-refractivity contribution < 1.29 is 0 Å². The summed E-state index contributed by atoms with van der Waals surface area (Å²) >= 11 is 0. The van der Waals surface area contributed by atoms with E-state index in [4.69, 9.17) is 10.2 Å². The van der Waals surface area contributed by atoms with E-state index in [0.29, 0.717) is 5.92 Å². The van der Waals surface area contributed by atoms with Crippen LogP contribution in [-0.2, 0) is 6.42 Å². The molecule has 1 aliphatic heterocycles. The summed E-state index contributed by atoms with van der Waals surface area (Å²) in [6.45, 7) is 0. The lowest BCUT2D eigenvalue weighted by Crippen LogP contribution is -2.18. The Morgan fingerprint density at radius 3 is 2.10 bits per heavy atom. The Bertz CT molecular complexity index is 1200. The monoisotopic (exact) mass is 388 g/mol. The van der Waals surface area contributed by atoms with E-state index in [1.807, 2.05) is 6.07 Å². The van der Waals surface area contributed by atoms with Crippen LogP contribution in [0.15, 0.2) is 113 Å². The van der Waals surface area contributed by atoms with E-state index in [1.165, 1.54) is 27.5 Å². The molecule has 0 N–H and O–H groups in total. The molecule has 1 heterocycles. The highest BCUT2D eigenvalue weighted by Crippen LogP contribution is 2.28. The van der Waals surface area contributed by atoms with Crippen LogP contribution >= 0.6 is 0 Å². The van der Waals surface area contributed by atoms with Crippen LogP contribution in [0.1, 0.15) is 29.5 Å². The van der Waals surface area contributed by atoms with E-state index in [2.05, 4.69) is 97.1 Å². The smallest absolute Gasteiger partial charge is 0.0737 e. The van der Waals surface area contributed by atoms with Gasteiger partial charge in [0.15, 0.2) is 0 Å². The minimum Gasteiger partial charge on any atom is -0.155 e. The highest BCUT2D eigenvalue weighted by molar-refractivity contribution is 6.06. The van der Waals surface area contributed by atoms with Crippen molar-refractivity contribution in [3.63, 3.8) is 0 Å². The average molecular weight is 389 g/mol. The first-order valence-electron chi connectivity index (χ1n) is 10.6. The topological polar surface area (TPSA) is 24.7 Å². The molecule has 0 aliphatic carbocycles. The van der Waals surface area contributed by atoms with Crippen LogP contribution < -0.4 is 0 Å². The van der Waals surface area contributed by atoms with Crippen molar-refractivity contribution in [2.75, 3.05) is 0 Å². The van der Waals surface area contributed by atoms with E-state index in [9.17, 15) is 0 Å². The van der Waals surface area contributed by atoms with Crippen LogP contribution in [-0.4, -0.2) is 11.4 Å². The van der Waals surface area contributed by atoms with Gasteiger partial charge in [0.05, 0.1) is 11.4 Å². The predicted molar refractivity (Wildman–Crippen MR) is 126 cm³/mol. The molecule has 1 unspecified atom stereocenters. The second kappa shape index (κ2) is 8.46. The first-order valence-corrected chi connectivity index (χ1v) is 10.6. The van der Waals surface area contributed by atoms with Gasteiger partial charge in [-0.25, -0.2) is 0 Å². The molecule has 0 spiro atoms. The number of hydrogen-bond acceptors (Lipinski definition) is 2. The lowest BCUT2D eigenvalue weighted by Gasteiger charge is -2.19. The fourth-order valence-electron chi connectivity index (χ4n) is 4.36. The van der Waals surface area contributed by atoms with Crippen LogP contribution in [0.4, 0.5) is 0 Å². The summed E-state index contributed by atoms with van der Waals surface area (Å²) in [6.07, 6.45) is 2.93. The fraction of sp³-hybridized carbons (Fsp3) is 0.143. The zero-order valence-electron chi connectivity index (χ0n) is 16.9. The van der Waals surface area contributed by atoms with Crippen LogP contribution in [0, 0.1) is 5.92 Å². The number of rotatable bonds is 4. The summed E-state index contributed by atoms with van der Waals surface area (Å²) in [6, 6.07) is 36.2. The molecule has 0 fully saturated rings. The van der Waals surface area contributed by atoms with Gasteiger partial charge in [0.1, 0.15) is 0 Å². The Kier molecular flexibility index (Phi) is 5.22. The zero-order chi connectivity index (χ0) is 20.2. The fourth-order valence-corrected chi connectivity index (χ4v) is 4.36. The summed E-state index contributed by atoms with van der Waals surface area (Å²) in [4.78, 5) is 0. The van der Waals surface area contributed by atoms with E-state index < -0.39 is 0 Å². The van der Waals surface area contributed by atoms with Crippen LogP contribution in [0.2, 0.25) is 0 Å². The molecule has 0 radical (unpaired) electrons. The summed E-state index contributed by atoms with van der Waals surface area (Å²) in [7, 11) is 0. The molecule has 5 rings (SSSR count). The lowest BCUT2D eigenvalue weighted by atomic mass is 9.85. The molecule has 4 aromatic rings. The number of fused-ring (bicyclic) bond motifs is 1. The highest BCUT2D eigenvalue weighted by atomic mass is 15.2. The SMILES string of the molecule is c1ccc(C2=NN=C(c3ccccc3)C(Cc3cccc4ccccc34)CC2)cc1. The largest absolute Gasteiger partial charge is 0.155 e. The Balaban J connectivity index is 1.53. The molecule has 2 nitrogen and oxygen atoms in total. The molecular formula is C28H24N2. The van der Waals surface area contributed by atoms with Gasteiger partial charge in [0.2, 0.25) is 0 Å². The zero-order valence-corrected chi connectivity index (χ0v) is 16.9. The van der Waals surface area contributed by atoms with Crippen molar-refractivity contribution in [1.82, 2.24) is 0 Å². The lowest BCUT2D eigenvalue weighted by molar-refractivity contribution is 0.646. The first-order chi connectivity index (χ1) is 14.9. The van der Waals surface area contributed by atoms with Gasteiger partial charge in [-0.1, -0.05) is 103 Å². The summed E-state index contributed by atoms with van der Waals surface area (Å²) in [5.74, 6) is 0.322. The number of nitrogens with zero attached hydrogens (tertiary/aromatic N) is 2. The standard InChI is InChI=1S/C28H24N2/c1-3-11-22(12-4-1)27-19-18-25(28(30-29-27)23-13-5-2-6-14-23)20-24-16-9-15-21-10-7-8-17-26(21)24/h1-17,25H,18-20H2. The van der Waals surface area contributed by atoms with Crippen molar-refractivity contribution in [3.05, 3.63) is 120 Å². The maximum atomic E-state index is 4.81. The van der Waals surface area contributed by atoms with Gasteiger partial charge in [0.25, 0.3) is 0 Å². The quantitative estimate of drug-likeness (QED) is 0.372. The summed E-state index contributed by atoms with van der Waals surface area (Å²) in [5, 5.41) is 12.2. The second-order valence-corrected chi connectivity index (χ2v) is 7.84. The third-order valence-corrected chi connectivity index (χ3v) is 5.92. The van der Waals surface area contributed by atoms with E-state index in [-0.39, 0.29) is 0 Å².